The van der Waals surface area contributed by atoms with Crippen molar-refractivity contribution in [1.29, 1.82) is 0 Å². The number of hydrogen-bond acceptors (Lipinski definition) is 7. The van der Waals surface area contributed by atoms with Crippen molar-refractivity contribution < 1.29 is 0 Å². The fourth-order valence-corrected chi connectivity index (χ4v) is 3.38. The van der Waals surface area contributed by atoms with Gasteiger partial charge in [0.25, 0.3) is 0 Å². The number of halogens is 1. The predicted octanol–water partition coefficient (Wildman–Crippen LogP) is 5.05. The van der Waals surface area contributed by atoms with Crippen molar-refractivity contribution in [2.75, 3.05) is 10.6 Å². The normalized spacial score (nSPS) is 13.4. The average Bonchev–Trinajstić information content (AvgIpc) is 3.56. The van der Waals surface area contributed by atoms with Crippen molar-refractivity contribution in [2.24, 2.45) is 0 Å². The van der Waals surface area contributed by atoms with Gasteiger partial charge in [0.15, 0.2) is 11.6 Å². The van der Waals surface area contributed by atoms with Gasteiger partial charge in [0.05, 0.1) is 0 Å². The van der Waals surface area contributed by atoms with Crippen molar-refractivity contribution in [3.8, 4) is 0 Å². The van der Waals surface area contributed by atoms with Crippen LogP contribution in [0.3, 0.4) is 0 Å². The zero-order chi connectivity index (χ0) is 21.8. The van der Waals surface area contributed by atoms with E-state index >= 15 is 0 Å². The molecule has 1 aliphatic rings. The first kappa shape index (κ1) is 20.1. The minimum atomic E-state index is 0.414. The molecule has 5 rings (SSSR count). The third kappa shape index (κ3) is 5.28. The van der Waals surface area contributed by atoms with Crippen LogP contribution in [-0.2, 0) is 6.54 Å². The molecule has 3 heterocycles. The van der Waals surface area contributed by atoms with E-state index in [-0.39, 0.29) is 0 Å². The van der Waals surface area contributed by atoms with Crippen LogP contribution in [0.2, 0.25) is 5.02 Å². The predicted molar refractivity (Wildman–Crippen MR) is 126 cm³/mol. The van der Waals surface area contributed by atoms with E-state index in [1.54, 1.807) is 12.4 Å². The molecule has 8 nitrogen and oxygen atoms in total. The number of rotatable bonds is 8. The maximum atomic E-state index is 6.09. The van der Waals surface area contributed by atoms with Gasteiger partial charge in [-0.15, -0.1) is 0 Å². The number of nitrogens with one attached hydrogen (secondary N) is 3. The van der Waals surface area contributed by atoms with Crippen molar-refractivity contribution in [3.63, 3.8) is 0 Å². The molecule has 32 heavy (non-hydrogen) atoms. The van der Waals surface area contributed by atoms with Crippen LogP contribution in [0.1, 0.15) is 41.4 Å². The molecule has 0 saturated heterocycles. The first-order valence-electron chi connectivity index (χ1n) is 10.4. The Balaban J connectivity index is 1.39. The van der Waals surface area contributed by atoms with E-state index in [2.05, 4.69) is 40.8 Å². The maximum Gasteiger partial charge on any atom is 0.233 e. The van der Waals surface area contributed by atoms with Crippen LogP contribution in [0, 0.1) is 0 Å². The molecule has 3 aromatic heterocycles. The Bertz CT molecular complexity index is 1230. The molecule has 4 aromatic rings. The molecule has 0 unspecified atom stereocenters. The summed E-state index contributed by atoms with van der Waals surface area (Å²) < 4.78 is 0. The number of anilines is 3. The third-order valence-corrected chi connectivity index (χ3v) is 5.22. The second kappa shape index (κ2) is 9.15. The van der Waals surface area contributed by atoms with Crippen LogP contribution in [0.25, 0.3) is 12.2 Å². The minimum Gasteiger partial charge on any atom is -0.350 e. The summed E-state index contributed by atoms with van der Waals surface area (Å²) in [5.74, 6) is 2.66. The zero-order valence-corrected chi connectivity index (χ0v) is 17.9. The lowest BCUT2D eigenvalue weighted by Crippen LogP contribution is -2.08. The van der Waals surface area contributed by atoms with Gasteiger partial charge >= 0.3 is 0 Å². The molecule has 3 N–H and O–H groups in total. The van der Waals surface area contributed by atoms with Crippen LogP contribution in [0.15, 0.2) is 54.9 Å². The fourth-order valence-electron chi connectivity index (χ4n) is 3.18. The lowest BCUT2D eigenvalue weighted by atomic mass is 10.2. The Labute approximate surface area is 190 Å². The van der Waals surface area contributed by atoms with E-state index in [1.165, 1.54) is 12.8 Å². The summed E-state index contributed by atoms with van der Waals surface area (Å²) in [6, 6.07) is 13.5. The molecule has 0 bridgehead atoms. The standard InChI is InChI=1S/C23H21ClN8/c24-18-3-1-2-15(12-18)4-7-20-27-22(26-14-16-8-10-25-11-9-16)30-23(28-20)29-21-13-19(31-32-21)17-5-6-17/h1-4,7-13,17H,5-6,14H2,(H3,26,27,28,29,30,31,32)/b7-4+. The number of benzene rings is 1. The smallest absolute Gasteiger partial charge is 0.233 e. The molecule has 160 valence electrons. The van der Waals surface area contributed by atoms with Crippen molar-refractivity contribution in [2.45, 2.75) is 25.3 Å². The van der Waals surface area contributed by atoms with E-state index in [9.17, 15) is 0 Å². The number of nitrogens with zero attached hydrogens (tertiary/aromatic N) is 5. The van der Waals surface area contributed by atoms with Crippen molar-refractivity contribution >= 4 is 41.5 Å². The molecule has 1 saturated carbocycles. The average molecular weight is 445 g/mol. The lowest BCUT2D eigenvalue weighted by molar-refractivity contribution is 0.961. The number of pyridine rings is 1. The highest BCUT2D eigenvalue weighted by Gasteiger charge is 2.25. The second-order valence-corrected chi connectivity index (χ2v) is 7.98. The van der Waals surface area contributed by atoms with Gasteiger partial charge < -0.3 is 10.6 Å². The molecular formula is C23H21ClN8. The molecule has 1 aliphatic carbocycles. The summed E-state index contributed by atoms with van der Waals surface area (Å²) in [6.07, 6.45) is 9.66. The molecule has 0 aliphatic heterocycles. The summed E-state index contributed by atoms with van der Waals surface area (Å²) in [5, 5.41) is 14.5. The second-order valence-electron chi connectivity index (χ2n) is 7.55. The van der Waals surface area contributed by atoms with Gasteiger partial charge in [-0.3, -0.25) is 10.1 Å². The van der Waals surface area contributed by atoms with E-state index in [1.807, 2.05) is 54.6 Å². The molecule has 0 amide bonds. The fraction of sp³-hybridized carbons (Fsp3) is 0.174. The highest BCUT2D eigenvalue weighted by molar-refractivity contribution is 6.30. The first-order chi connectivity index (χ1) is 15.7. The van der Waals surface area contributed by atoms with Crippen LogP contribution in [-0.4, -0.2) is 30.1 Å². The Morgan fingerprint density at radius 3 is 2.66 bits per heavy atom. The van der Waals surface area contributed by atoms with Crippen LogP contribution < -0.4 is 10.6 Å². The highest BCUT2D eigenvalue weighted by Crippen LogP contribution is 2.39. The Hall–Kier alpha value is -3.78. The van der Waals surface area contributed by atoms with E-state index in [0.717, 1.165) is 16.8 Å². The Kier molecular flexibility index (Phi) is 5.76. The van der Waals surface area contributed by atoms with Crippen LogP contribution in [0.4, 0.5) is 17.7 Å². The maximum absolute atomic E-state index is 6.09. The Morgan fingerprint density at radius 1 is 1.00 bits per heavy atom. The monoisotopic (exact) mass is 444 g/mol. The summed E-state index contributed by atoms with van der Waals surface area (Å²) in [4.78, 5) is 17.6. The van der Waals surface area contributed by atoms with Gasteiger partial charge in [0.2, 0.25) is 11.9 Å². The van der Waals surface area contributed by atoms with Gasteiger partial charge in [0.1, 0.15) is 0 Å². The van der Waals surface area contributed by atoms with Gasteiger partial charge in [0, 0.05) is 41.6 Å². The lowest BCUT2D eigenvalue weighted by Gasteiger charge is -2.08. The Morgan fingerprint density at radius 2 is 1.84 bits per heavy atom. The van der Waals surface area contributed by atoms with Crippen molar-refractivity contribution in [1.82, 2.24) is 30.1 Å². The molecule has 0 radical (unpaired) electrons. The highest BCUT2D eigenvalue weighted by atomic mass is 35.5. The van der Waals surface area contributed by atoms with E-state index < -0.39 is 0 Å². The largest absolute Gasteiger partial charge is 0.350 e. The van der Waals surface area contributed by atoms with Gasteiger partial charge in [-0.05, 0) is 54.3 Å². The molecule has 1 fully saturated rings. The van der Waals surface area contributed by atoms with Gasteiger partial charge in [-0.1, -0.05) is 29.8 Å². The number of aromatic nitrogens is 6. The van der Waals surface area contributed by atoms with Crippen LogP contribution >= 0.6 is 11.6 Å². The first-order valence-corrected chi connectivity index (χ1v) is 10.7. The van der Waals surface area contributed by atoms with Gasteiger partial charge in [-0.2, -0.15) is 20.1 Å². The number of aromatic amines is 1. The summed E-state index contributed by atoms with van der Waals surface area (Å²) in [7, 11) is 0. The zero-order valence-electron chi connectivity index (χ0n) is 17.2. The van der Waals surface area contributed by atoms with E-state index in [0.29, 0.717) is 41.0 Å². The summed E-state index contributed by atoms with van der Waals surface area (Å²) in [6.45, 7) is 0.567. The molecule has 0 atom stereocenters. The SMILES string of the molecule is Clc1cccc(/C=C/c2nc(NCc3ccncc3)nc(Nc3cc(C4CC4)[nH]n3)n2)c1. The molecule has 0 spiro atoms. The molecular weight excluding hydrogens is 424 g/mol. The van der Waals surface area contributed by atoms with Crippen LogP contribution in [0.5, 0.6) is 0 Å². The third-order valence-electron chi connectivity index (χ3n) is 4.98. The molecule has 1 aromatic carbocycles. The minimum absolute atomic E-state index is 0.414. The summed E-state index contributed by atoms with van der Waals surface area (Å²) >= 11 is 6.09. The molecule has 9 heteroatoms. The summed E-state index contributed by atoms with van der Waals surface area (Å²) in [5.41, 5.74) is 3.17. The number of H-pyrrole nitrogens is 1. The van der Waals surface area contributed by atoms with Crippen molar-refractivity contribution in [3.05, 3.63) is 82.5 Å². The quantitative estimate of drug-likeness (QED) is 0.349. The van der Waals surface area contributed by atoms with E-state index in [4.69, 9.17) is 11.6 Å². The topological polar surface area (TPSA) is 104 Å². The number of hydrogen-bond donors (Lipinski definition) is 3. The van der Waals surface area contributed by atoms with Gasteiger partial charge in [-0.25, -0.2) is 0 Å².